The summed E-state index contributed by atoms with van der Waals surface area (Å²) < 4.78 is 13.1. The third-order valence-electron chi connectivity index (χ3n) is 5.39. The number of ether oxygens (including phenoxy) is 2. The molecule has 1 N–H and O–H groups in total. The first kappa shape index (κ1) is 21.4. The topological polar surface area (TPSA) is 65.4 Å². The van der Waals surface area contributed by atoms with Crippen LogP contribution >= 0.6 is 0 Å². The number of rotatable bonds is 8. The minimum Gasteiger partial charge on any atom is -0.456 e. The van der Waals surface area contributed by atoms with Crippen LogP contribution < -0.4 is 5.32 Å². The Balaban J connectivity index is 1.65. The zero-order valence-electron chi connectivity index (χ0n) is 18.8. The fraction of sp³-hybridized carbons (Fsp3) is 0.440. The van der Waals surface area contributed by atoms with Crippen molar-refractivity contribution in [2.75, 3.05) is 19.0 Å². The predicted molar refractivity (Wildman–Crippen MR) is 123 cm³/mol. The number of hydrogen-bond donors (Lipinski definition) is 1. The molecule has 4 rings (SSSR count). The van der Waals surface area contributed by atoms with Gasteiger partial charge in [0.05, 0.1) is 5.52 Å². The SMILES string of the molecule is COCCCn1ccc2c(Nc3ncc(C4CC4)cc3C(=O)OC(C)(C)C)cccc21. The summed E-state index contributed by atoms with van der Waals surface area (Å²) in [5, 5.41) is 4.49. The molecule has 1 aliphatic carbocycles. The van der Waals surface area contributed by atoms with E-state index in [2.05, 4.69) is 33.2 Å². The summed E-state index contributed by atoms with van der Waals surface area (Å²) >= 11 is 0. The van der Waals surface area contributed by atoms with Crippen molar-refractivity contribution in [3.63, 3.8) is 0 Å². The van der Waals surface area contributed by atoms with Crippen molar-refractivity contribution in [3.05, 3.63) is 53.9 Å². The molecular weight excluding hydrogens is 390 g/mol. The summed E-state index contributed by atoms with van der Waals surface area (Å²) in [5.74, 6) is 0.680. The van der Waals surface area contributed by atoms with Crippen molar-refractivity contribution < 1.29 is 14.3 Å². The van der Waals surface area contributed by atoms with E-state index in [1.54, 1.807) is 7.11 Å². The van der Waals surface area contributed by atoms with Crippen molar-refractivity contribution in [3.8, 4) is 0 Å². The van der Waals surface area contributed by atoms with Gasteiger partial charge in [-0.15, -0.1) is 0 Å². The molecule has 0 amide bonds. The lowest BCUT2D eigenvalue weighted by molar-refractivity contribution is 0.00702. The van der Waals surface area contributed by atoms with E-state index in [-0.39, 0.29) is 5.97 Å². The van der Waals surface area contributed by atoms with E-state index >= 15 is 0 Å². The van der Waals surface area contributed by atoms with Crippen LogP contribution in [0.3, 0.4) is 0 Å². The van der Waals surface area contributed by atoms with E-state index < -0.39 is 5.60 Å². The number of aromatic nitrogens is 2. The Morgan fingerprint density at radius 2 is 2.06 bits per heavy atom. The lowest BCUT2D eigenvalue weighted by atomic mass is 10.1. The second kappa shape index (κ2) is 8.71. The Labute approximate surface area is 183 Å². The van der Waals surface area contributed by atoms with Crippen LogP contribution in [0, 0.1) is 0 Å². The molecule has 0 aliphatic heterocycles. The lowest BCUT2D eigenvalue weighted by Crippen LogP contribution is -2.24. The fourth-order valence-electron chi connectivity index (χ4n) is 3.74. The molecule has 0 saturated heterocycles. The van der Waals surface area contributed by atoms with Crippen molar-refractivity contribution in [2.45, 2.75) is 58.1 Å². The molecule has 6 heteroatoms. The van der Waals surface area contributed by atoms with Gasteiger partial charge in [-0.2, -0.15) is 0 Å². The van der Waals surface area contributed by atoms with Gasteiger partial charge in [-0.05, 0) is 75.8 Å². The van der Waals surface area contributed by atoms with Crippen LogP contribution in [0.1, 0.15) is 61.9 Å². The average molecular weight is 422 g/mol. The first-order valence-electron chi connectivity index (χ1n) is 10.9. The quantitative estimate of drug-likeness (QED) is 0.376. The highest BCUT2D eigenvalue weighted by atomic mass is 16.6. The first-order valence-corrected chi connectivity index (χ1v) is 10.9. The molecule has 1 saturated carbocycles. The maximum atomic E-state index is 13.0. The number of pyridine rings is 1. The highest BCUT2D eigenvalue weighted by Gasteiger charge is 2.28. The highest BCUT2D eigenvalue weighted by Crippen LogP contribution is 2.41. The van der Waals surface area contributed by atoms with Crippen molar-refractivity contribution in [1.82, 2.24) is 9.55 Å². The minimum absolute atomic E-state index is 0.352. The molecule has 31 heavy (non-hydrogen) atoms. The van der Waals surface area contributed by atoms with Gasteiger partial charge in [-0.1, -0.05) is 6.07 Å². The number of hydrogen-bond acceptors (Lipinski definition) is 5. The van der Waals surface area contributed by atoms with Gasteiger partial charge in [0.25, 0.3) is 0 Å². The molecule has 6 nitrogen and oxygen atoms in total. The Hall–Kier alpha value is -2.86. The molecule has 0 atom stereocenters. The lowest BCUT2D eigenvalue weighted by Gasteiger charge is -2.21. The van der Waals surface area contributed by atoms with Crippen LogP contribution in [0.25, 0.3) is 10.9 Å². The standard InChI is InChI=1S/C25H31N3O3/c1-25(2,3)31-24(29)20-15-18(17-9-10-17)16-26-23(20)27-21-7-5-8-22-19(21)11-13-28(22)12-6-14-30-4/h5,7-8,11,13,15-17H,6,9-10,12,14H2,1-4H3,(H,26,27). The monoisotopic (exact) mass is 421 g/mol. The van der Waals surface area contributed by atoms with Gasteiger partial charge in [0, 0.05) is 43.7 Å². The number of methoxy groups -OCH3 is 1. The van der Waals surface area contributed by atoms with Crippen molar-refractivity contribution in [1.29, 1.82) is 0 Å². The molecule has 0 bridgehead atoms. The molecule has 164 valence electrons. The van der Waals surface area contributed by atoms with Gasteiger partial charge in [0.15, 0.2) is 0 Å². The molecule has 0 radical (unpaired) electrons. The summed E-state index contributed by atoms with van der Waals surface area (Å²) in [6.07, 6.45) is 7.22. The van der Waals surface area contributed by atoms with Gasteiger partial charge < -0.3 is 19.4 Å². The molecule has 1 fully saturated rings. The van der Waals surface area contributed by atoms with Crippen LogP contribution in [0.5, 0.6) is 0 Å². The number of nitrogens with zero attached hydrogens (tertiary/aromatic N) is 2. The first-order chi connectivity index (χ1) is 14.9. The molecule has 2 heterocycles. The van der Waals surface area contributed by atoms with Gasteiger partial charge in [-0.25, -0.2) is 9.78 Å². The van der Waals surface area contributed by atoms with Gasteiger partial charge in [0.2, 0.25) is 0 Å². The summed E-state index contributed by atoms with van der Waals surface area (Å²) in [6.45, 7) is 7.25. The van der Waals surface area contributed by atoms with Crippen LogP contribution in [0.4, 0.5) is 11.5 Å². The summed E-state index contributed by atoms with van der Waals surface area (Å²) in [4.78, 5) is 17.6. The van der Waals surface area contributed by atoms with E-state index in [9.17, 15) is 4.79 Å². The number of nitrogens with one attached hydrogen (secondary N) is 1. The van der Waals surface area contributed by atoms with E-state index in [4.69, 9.17) is 9.47 Å². The maximum absolute atomic E-state index is 13.0. The third-order valence-corrected chi connectivity index (χ3v) is 5.39. The Morgan fingerprint density at radius 1 is 1.26 bits per heavy atom. The zero-order valence-corrected chi connectivity index (χ0v) is 18.8. The van der Waals surface area contributed by atoms with Crippen LogP contribution in [-0.4, -0.2) is 34.8 Å². The smallest absolute Gasteiger partial charge is 0.342 e. The van der Waals surface area contributed by atoms with Gasteiger partial charge in [0.1, 0.15) is 17.0 Å². The minimum atomic E-state index is -0.566. The number of esters is 1. The average Bonchev–Trinajstić information content (AvgIpc) is 3.48. The number of carbonyl (C=O) groups excluding carboxylic acids is 1. The van der Waals surface area contributed by atoms with Crippen LogP contribution in [0.2, 0.25) is 0 Å². The summed E-state index contributed by atoms with van der Waals surface area (Å²) in [6, 6.07) is 10.2. The number of fused-ring (bicyclic) bond motifs is 1. The van der Waals surface area contributed by atoms with Gasteiger partial charge >= 0.3 is 5.97 Å². The molecular formula is C25H31N3O3. The predicted octanol–water partition coefficient (Wildman–Crippen LogP) is 5.65. The van der Waals surface area contributed by atoms with Crippen LogP contribution in [-0.2, 0) is 16.0 Å². The number of anilines is 2. The fourth-order valence-corrected chi connectivity index (χ4v) is 3.74. The Kier molecular flexibility index (Phi) is 6.01. The van der Waals surface area contributed by atoms with E-state index in [1.165, 1.54) is 0 Å². The Bertz CT molecular complexity index is 1080. The Morgan fingerprint density at radius 3 is 2.77 bits per heavy atom. The number of benzene rings is 1. The van der Waals surface area contributed by atoms with E-state index in [0.717, 1.165) is 54.6 Å². The largest absolute Gasteiger partial charge is 0.456 e. The molecule has 1 aromatic carbocycles. The zero-order chi connectivity index (χ0) is 22.0. The molecule has 3 aromatic rings. The molecule has 0 unspecified atom stereocenters. The highest BCUT2D eigenvalue weighted by molar-refractivity contribution is 5.99. The second-order valence-electron chi connectivity index (χ2n) is 9.16. The number of carbonyl (C=O) groups is 1. The third kappa shape index (κ3) is 5.07. The van der Waals surface area contributed by atoms with Crippen molar-refractivity contribution in [2.24, 2.45) is 0 Å². The van der Waals surface area contributed by atoms with Gasteiger partial charge in [-0.3, -0.25) is 0 Å². The maximum Gasteiger partial charge on any atom is 0.342 e. The van der Waals surface area contributed by atoms with E-state index in [0.29, 0.717) is 17.3 Å². The normalized spacial score (nSPS) is 14.1. The second-order valence-corrected chi connectivity index (χ2v) is 9.16. The molecule has 1 aliphatic rings. The molecule has 0 spiro atoms. The van der Waals surface area contributed by atoms with Crippen LogP contribution in [0.15, 0.2) is 42.7 Å². The molecule has 2 aromatic heterocycles. The summed E-state index contributed by atoms with van der Waals surface area (Å²) in [5.41, 5.74) is 3.07. The number of aryl methyl sites for hydroxylation is 1. The van der Waals surface area contributed by atoms with E-state index in [1.807, 2.05) is 45.2 Å². The summed E-state index contributed by atoms with van der Waals surface area (Å²) in [7, 11) is 1.72. The van der Waals surface area contributed by atoms with Crippen molar-refractivity contribution >= 4 is 28.4 Å².